The summed E-state index contributed by atoms with van der Waals surface area (Å²) in [5, 5.41) is 6.00. The molecule has 1 aliphatic rings. The molecule has 8 heteroatoms. The first kappa shape index (κ1) is 16.8. The highest BCUT2D eigenvalue weighted by molar-refractivity contribution is 5.92. The van der Waals surface area contributed by atoms with Crippen LogP contribution < -0.4 is 20.1 Å². The molecule has 1 amide bonds. The van der Waals surface area contributed by atoms with Crippen molar-refractivity contribution in [2.45, 2.75) is 13.1 Å². The van der Waals surface area contributed by atoms with Crippen LogP contribution in [0.2, 0.25) is 0 Å². The lowest BCUT2D eigenvalue weighted by Crippen LogP contribution is -2.24. The number of benzene rings is 1. The second-order valence-corrected chi connectivity index (χ2v) is 5.87. The van der Waals surface area contributed by atoms with Crippen LogP contribution in [-0.4, -0.2) is 27.7 Å². The molecule has 0 saturated heterocycles. The molecule has 8 nitrogen and oxygen atoms in total. The third-order valence-corrected chi connectivity index (χ3v) is 3.99. The molecule has 0 radical (unpaired) electrons. The molecular formula is C19H17N5O3. The van der Waals surface area contributed by atoms with Gasteiger partial charge in [-0.2, -0.15) is 0 Å². The minimum Gasteiger partial charge on any atom is -0.454 e. The van der Waals surface area contributed by atoms with Crippen LogP contribution in [0, 0.1) is 0 Å². The molecule has 3 heterocycles. The molecule has 27 heavy (non-hydrogen) atoms. The van der Waals surface area contributed by atoms with E-state index in [0.29, 0.717) is 24.6 Å². The summed E-state index contributed by atoms with van der Waals surface area (Å²) in [6.07, 6.45) is 4.76. The van der Waals surface area contributed by atoms with E-state index in [2.05, 4.69) is 25.6 Å². The maximum atomic E-state index is 12.3. The van der Waals surface area contributed by atoms with Gasteiger partial charge < -0.3 is 20.1 Å². The fourth-order valence-electron chi connectivity index (χ4n) is 2.60. The molecule has 4 rings (SSSR count). The molecule has 0 saturated carbocycles. The van der Waals surface area contributed by atoms with Gasteiger partial charge in [-0.05, 0) is 29.3 Å². The van der Waals surface area contributed by atoms with Crippen LogP contribution in [0.3, 0.4) is 0 Å². The topological polar surface area (TPSA) is 98.3 Å². The highest BCUT2D eigenvalue weighted by atomic mass is 16.7. The molecule has 1 aliphatic heterocycles. The molecule has 0 bridgehead atoms. The third-order valence-electron chi connectivity index (χ3n) is 3.99. The minimum absolute atomic E-state index is 0.246. The van der Waals surface area contributed by atoms with Gasteiger partial charge in [0.25, 0.3) is 5.91 Å². The molecule has 2 aromatic heterocycles. The first-order chi connectivity index (χ1) is 13.3. The van der Waals surface area contributed by atoms with Crippen LogP contribution in [0.4, 0.5) is 5.82 Å². The summed E-state index contributed by atoms with van der Waals surface area (Å²) in [5.41, 5.74) is 2.23. The average molecular weight is 363 g/mol. The predicted octanol–water partition coefficient (Wildman–Crippen LogP) is 2.14. The zero-order valence-electron chi connectivity index (χ0n) is 14.4. The Balaban J connectivity index is 1.36. The Kier molecular flexibility index (Phi) is 4.78. The molecule has 0 spiro atoms. The number of pyridine rings is 1. The zero-order valence-corrected chi connectivity index (χ0v) is 14.4. The summed E-state index contributed by atoms with van der Waals surface area (Å²) >= 11 is 0. The number of rotatable bonds is 6. The van der Waals surface area contributed by atoms with Crippen molar-refractivity contribution in [1.82, 2.24) is 20.3 Å². The van der Waals surface area contributed by atoms with Crippen LogP contribution in [0.5, 0.6) is 11.5 Å². The quantitative estimate of drug-likeness (QED) is 0.692. The summed E-state index contributed by atoms with van der Waals surface area (Å²) in [5.74, 6) is 1.77. The summed E-state index contributed by atoms with van der Waals surface area (Å²) in [4.78, 5) is 24.5. The molecular weight excluding hydrogens is 346 g/mol. The Morgan fingerprint density at radius 2 is 1.96 bits per heavy atom. The number of nitrogens with one attached hydrogen (secondary N) is 2. The van der Waals surface area contributed by atoms with Crippen molar-refractivity contribution >= 4 is 11.7 Å². The largest absolute Gasteiger partial charge is 0.454 e. The highest BCUT2D eigenvalue weighted by Gasteiger charge is 2.13. The lowest BCUT2D eigenvalue weighted by Gasteiger charge is -2.08. The standard InChI is InChI=1S/C19H17N5O3/c25-19(22-10-14-2-1-5-20-8-14)15-7-18(24-11-23-15)21-9-13-3-4-16-17(6-13)27-12-26-16/h1-8,11H,9-10,12H2,(H,22,25)(H,21,23,24). The number of hydrogen-bond donors (Lipinski definition) is 2. The van der Waals surface area contributed by atoms with E-state index < -0.39 is 0 Å². The van der Waals surface area contributed by atoms with Crippen molar-refractivity contribution in [2.24, 2.45) is 0 Å². The maximum absolute atomic E-state index is 12.3. The van der Waals surface area contributed by atoms with E-state index in [9.17, 15) is 4.79 Å². The molecule has 136 valence electrons. The van der Waals surface area contributed by atoms with E-state index >= 15 is 0 Å². The van der Waals surface area contributed by atoms with Crippen LogP contribution in [0.1, 0.15) is 21.6 Å². The van der Waals surface area contributed by atoms with Gasteiger partial charge in [0.1, 0.15) is 17.8 Å². The van der Waals surface area contributed by atoms with E-state index in [1.165, 1.54) is 6.33 Å². The van der Waals surface area contributed by atoms with Gasteiger partial charge in [0.2, 0.25) is 6.79 Å². The lowest BCUT2D eigenvalue weighted by molar-refractivity contribution is 0.0945. The van der Waals surface area contributed by atoms with Gasteiger partial charge in [-0.25, -0.2) is 9.97 Å². The van der Waals surface area contributed by atoms with Gasteiger partial charge in [0, 0.05) is 31.5 Å². The van der Waals surface area contributed by atoms with E-state index in [-0.39, 0.29) is 12.7 Å². The molecule has 2 N–H and O–H groups in total. The number of anilines is 1. The monoisotopic (exact) mass is 363 g/mol. The number of aromatic nitrogens is 3. The number of nitrogens with zero attached hydrogens (tertiary/aromatic N) is 3. The SMILES string of the molecule is O=C(NCc1cccnc1)c1cc(NCc2ccc3c(c2)OCO3)ncn1. The van der Waals surface area contributed by atoms with Gasteiger partial charge in [-0.3, -0.25) is 9.78 Å². The van der Waals surface area contributed by atoms with E-state index in [1.807, 2.05) is 30.3 Å². The van der Waals surface area contributed by atoms with Crippen LogP contribution in [0.25, 0.3) is 0 Å². The fraction of sp³-hybridized carbons (Fsp3) is 0.158. The summed E-state index contributed by atoms with van der Waals surface area (Å²) in [6, 6.07) is 11.1. The van der Waals surface area contributed by atoms with Gasteiger partial charge in [0.15, 0.2) is 11.5 Å². The van der Waals surface area contributed by atoms with E-state index in [1.54, 1.807) is 18.5 Å². The number of ether oxygens (including phenoxy) is 2. The Hall–Kier alpha value is -3.68. The Bertz CT molecular complexity index is 949. The smallest absolute Gasteiger partial charge is 0.270 e. The van der Waals surface area contributed by atoms with Gasteiger partial charge in [0.05, 0.1) is 0 Å². The van der Waals surface area contributed by atoms with E-state index in [4.69, 9.17) is 9.47 Å². The average Bonchev–Trinajstić information content (AvgIpc) is 3.19. The number of carbonyl (C=O) groups is 1. The number of carbonyl (C=O) groups excluding carboxylic acids is 1. The molecule has 1 aromatic carbocycles. The van der Waals surface area contributed by atoms with Crippen molar-refractivity contribution in [3.05, 3.63) is 71.9 Å². The van der Waals surface area contributed by atoms with Gasteiger partial charge >= 0.3 is 0 Å². The maximum Gasteiger partial charge on any atom is 0.270 e. The van der Waals surface area contributed by atoms with Crippen molar-refractivity contribution in [2.75, 3.05) is 12.1 Å². The molecule has 0 fully saturated rings. The Labute approximate surface area is 155 Å². The van der Waals surface area contributed by atoms with Crippen LogP contribution in [-0.2, 0) is 13.1 Å². The lowest BCUT2D eigenvalue weighted by atomic mass is 10.2. The van der Waals surface area contributed by atoms with Crippen LogP contribution in [0.15, 0.2) is 55.1 Å². The molecule has 0 atom stereocenters. The summed E-state index contributed by atoms with van der Waals surface area (Å²) < 4.78 is 10.7. The number of hydrogen-bond acceptors (Lipinski definition) is 7. The summed E-state index contributed by atoms with van der Waals surface area (Å²) in [6.45, 7) is 1.16. The summed E-state index contributed by atoms with van der Waals surface area (Å²) in [7, 11) is 0. The zero-order chi connectivity index (χ0) is 18.5. The second kappa shape index (κ2) is 7.69. The predicted molar refractivity (Wildman–Crippen MR) is 97.3 cm³/mol. The normalized spacial score (nSPS) is 11.9. The van der Waals surface area contributed by atoms with Gasteiger partial charge in [-0.1, -0.05) is 12.1 Å². The first-order valence-corrected chi connectivity index (χ1v) is 8.39. The second-order valence-electron chi connectivity index (χ2n) is 5.87. The highest BCUT2D eigenvalue weighted by Crippen LogP contribution is 2.32. The number of amides is 1. The molecule has 3 aromatic rings. The molecule has 0 unspecified atom stereocenters. The van der Waals surface area contributed by atoms with Crippen molar-refractivity contribution < 1.29 is 14.3 Å². The Morgan fingerprint density at radius 3 is 2.85 bits per heavy atom. The van der Waals surface area contributed by atoms with Crippen molar-refractivity contribution in [1.29, 1.82) is 0 Å². The van der Waals surface area contributed by atoms with Crippen molar-refractivity contribution in [3.8, 4) is 11.5 Å². The fourth-order valence-corrected chi connectivity index (χ4v) is 2.60. The minimum atomic E-state index is -0.271. The van der Waals surface area contributed by atoms with Crippen LogP contribution >= 0.6 is 0 Å². The Morgan fingerprint density at radius 1 is 1.04 bits per heavy atom. The third kappa shape index (κ3) is 4.12. The first-order valence-electron chi connectivity index (χ1n) is 8.39. The van der Waals surface area contributed by atoms with E-state index in [0.717, 1.165) is 22.6 Å². The number of fused-ring (bicyclic) bond motifs is 1. The van der Waals surface area contributed by atoms with Gasteiger partial charge in [-0.15, -0.1) is 0 Å². The molecule has 0 aliphatic carbocycles. The van der Waals surface area contributed by atoms with Crippen molar-refractivity contribution in [3.63, 3.8) is 0 Å².